The van der Waals surface area contributed by atoms with Crippen molar-refractivity contribution in [1.29, 1.82) is 0 Å². The summed E-state index contributed by atoms with van der Waals surface area (Å²) in [4.78, 5) is 70.4. The third-order valence-corrected chi connectivity index (χ3v) is 15.3. The van der Waals surface area contributed by atoms with Crippen LogP contribution in [0.15, 0.2) is 170 Å². The number of Topliss-reactive ketones (excluding diaryl/α,β-unsaturated/α-hetero) is 2. The Morgan fingerprint density at radius 1 is 0.361 bits per heavy atom. The molecule has 0 saturated carbocycles. The molecule has 8 nitrogen and oxygen atoms in total. The maximum atomic E-state index is 12.3. The molecule has 12 aromatic carbocycles. The van der Waals surface area contributed by atoms with Crippen LogP contribution in [0.25, 0.3) is 97.0 Å². The fourth-order valence-electron chi connectivity index (χ4n) is 12.0. The first kappa shape index (κ1) is 59.3. The number of carboxylic acid groups (broad SMARTS) is 2. The summed E-state index contributed by atoms with van der Waals surface area (Å²) in [6, 6.07) is 55.5. The third-order valence-electron chi connectivity index (χ3n) is 15.0. The number of benzene rings is 12. The number of hydrogen-bond donors (Lipinski definition) is 2. The number of aliphatic carboxylic acids is 2. The van der Waals surface area contributed by atoms with E-state index in [0.29, 0.717) is 12.8 Å². The summed E-state index contributed by atoms with van der Waals surface area (Å²) < 4.78 is 0. The summed E-state index contributed by atoms with van der Waals surface area (Å²) >= 11 is 19.2. The lowest BCUT2D eigenvalue weighted by atomic mass is 9.90. The first-order valence-corrected chi connectivity index (χ1v) is 33.1. The van der Waals surface area contributed by atoms with E-state index in [9.17, 15) is 39.0 Å². The monoisotopic (exact) mass is 1250 g/mol. The molecule has 0 heterocycles. The number of halogens is 7. The fourth-order valence-corrected chi connectivity index (χ4v) is 12.3. The summed E-state index contributed by atoms with van der Waals surface area (Å²) in [5, 5.41) is 36.5. The van der Waals surface area contributed by atoms with Crippen LogP contribution in [0.2, 0.25) is 0 Å². The van der Waals surface area contributed by atoms with Crippen molar-refractivity contribution in [2.24, 2.45) is 0 Å². The predicted molar refractivity (Wildman–Crippen MR) is 345 cm³/mol. The number of ketones is 2. The SMILES string of the molecule is ClCCl.O=C(Cl)Cc1cc2c3ccccc3c(CC(=O)Cl)cc2c2ccccc12.O=C(O)Cc1cc2c3ccccc3c(CC(=O)O)cc2c2ccccc12.O=C1Cc2cc3c4cccc5c4c(cc3c3cccc1c23)CC5=O.[Cl][Al]([Cl])[Cl]. The van der Waals surface area contributed by atoms with E-state index in [1.807, 2.05) is 146 Å². The molecular weight excluding hydrogens is 1210 g/mol. The van der Waals surface area contributed by atoms with Gasteiger partial charge in [0.2, 0.25) is 10.5 Å². The Kier molecular flexibility index (Phi) is 18.3. The van der Waals surface area contributed by atoms with E-state index in [1.165, 1.54) is 0 Å². The highest BCUT2D eigenvalue weighted by molar-refractivity contribution is 7.54. The van der Waals surface area contributed by atoms with Crippen molar-refractivity contribution in [3.8, 4) is 0 Å². The van der Waals surface area contributed by atoms with Gasteiger partial charge in [0.05, 0.1) is 18.2 Å². The smallest absolute Gasteiger partial charge is 0.481 e. The van der Waals surface area contributed by atoms with Crippen LogP contribution in [-0.4, -0.2) is 60.9 Å². The Bertz CT molecular complexity index is 4210. The van der Waals surface area contributed by atoms with Gasteiger partial charge in [0.15, 0.2) is 11.6 Å². The highest BCUT2D eigenvalue weighted by atomic mass is 35.8. The van der Waals surface area contributed by atoms with Crippen molar-refractivity contribution >= 4 is 219 Å². The minimum atomic E-state index is -1.72. The molecule has 16 heteroatoms. The highest BCUT2D eigenvalue weighted by Gasteiger charge is 2.27. The van der Waals surface area contributed by atoms with Gasteiger partial charge in [0.25, 0.3) is 0 Å². The molecule has 412 valence electrons. The summed E-state index contributed by atoms with van der Waals surface area (Å²) in [6.45, 7) is 0. The minimum absolute atomic E-state index is 0.0539. The molecule has 14 rings (SSSR count). The average Bonchev–Trinajstić information content (AvgIpc) is 3.39. The van der Waals surface area contributed by atoms with Gasteiger partial charge in [-0.05, 0) is 190 Å². The van der Waals surface area contributed by atoms with E-state index in [-0.39, 0.29) is 53.1 Å². The van der Waals surface area contributed by atoms with Crippen LogP contribution in [0.1, 0.15) is 54.1 Å². The molecule has 2 N–H and O–H groups in total. The maximum Gasteiger partial charge on any atom is 0.643 e. The predicted octanol–water partition coefficient (Wildman–Crippen LogP) is 17.9. The molecule has 0 bridgehead atoms. The molecule has 0 fully saturated rings. The van der Waals surface area contributed by atoms with Crippen LogP contribution in [0.3, 0.4) is 0 Å². The second-order valence-corrected chi connectivity index (χ2v) is 28.0. The minimum Gasteiger partial charge on any atom is -0.481 e. The van der Waals surface area contributed by atoms with Gasteiger partial charge in [0, 0.05) is 36.8 Å². The summed E-state index contributed by atoms with van der Waals surface area (Å²) in [5.41, 5.74) is 7.23. The third kappa shape index (κ3) is 12.3. The number of fused-ring (bicyclic) bond motifs is 13. The van der Waals surface area contributed by atoms with Crippen molar-refractivity contribution in [1.82, 2.24) is 0 Å². The molecule has 0 spiro atoms. The number of carboxylic acids is 2. The van der Waals surface area contributed by atoms with E-state index in [1.54, 1.807) is 0 Å². The van der Waals surface area contributed by atoms with Gasteiger partial charge in [-0.15, -0.1) is 23.2 Å². The Morgan fingerprint density at radius 2 is 0.602 bits per heavy atom. The summed E-state index contributed by atoms with van der Waals surface area (Å²) in [7, 11) is 14.8. The Balaban J connectivity index is 0.000000131. The van der Waals surface area contributed by atoms with E-state index >= 15 is 0 Å². The lowest BCUT2D eigenvalue weighted by Gasteiger charge is -2.14. The molecule has 0 unspecified atom stereocenters. The molecule has 12 aromatic rings. The van der Waals surface area contributed by atoms with Crippen LogP contribution in [0.4, 0.5) is 0 Å². The first-order valence-electron chi connectivity index (χ1n) is 26.0. The van der Waals surface area contributed by atoms with Gasteiger partial charge in [-0.2, -0.15) is 0 Å². The topological polar surface area (TPSA) is 143 Å². The second-order valence-electron chi connectivity index (χ2n) is 19.9. The highest BCUT2D eigenvalue weighted by Crippen LogP contribution is 2.43. The van der Waals surface area contributed by atoms with E-state index < -0.39 is 23.3 Å². The van der Waals surface area contributed by atoms with Gasteiger partial charge < -0.3 is 10.2 Å². The number of carbonyl (C=O) groups excluding carboxylic acids is 4. The quantitative estimate of drug-likeness (QED) is 0.0663. The van der Waals surface area contributed by atoms with Crippen molar-refractivity contribution in [2.75, 3.05) is 5.34 Å². The van der Waals surface area contributed by atoms with Gasteiger partial charge in [-0.25, -0.2) is 30.1 Å². The van der Waals surface area contributed by atoms with Crippen LogP contribution >= 0.6 is 76.6 Å². The molecule has 0 atom stereocenters. The molecule has 0 aromatic heterocycles. The van der Waals surface area contributed by atoms with Gasteiger partial charge in [-0.3, -0.25) is 28.8 Å². The van der Waals surface area contributed by atoms with Crippen molar-refractivity contribution in [3.05, 3.63) is 214 Å². The van der Waals surface area contributed by atoms with Crippen molar-refractivity contribution in [2.45, 2.75) is 38.5 Å². The largest absolute Gasteiger partial charge is 0.643 e. The zero-order valence-corrected chi connectivity index (χ0v) is 50.1. The Morgan fingerprint density at radius 3 is 0.867 bits per heavy atom. The fraction of sp³-hybridized carbons (Fsp3) is 0.104. The zero-order chi connectivity index (χ0) is 58.8. The van der Waals surface area contributed by atoms with Crippen LogP contribution in [0, 0.1) is 0 Å². The first-order chi connectivity index (χ1) is 40.0. The normalized spacial score (nSPS) is 12.0. The molecule has 0 aliphatic heterocycles. The molecule has 83 heavy (non-hydrogen) atoms. The van der Waals surface area contributed by atoms with Gasteiger partial charge in [0.1, 0.15) is 0 Å². The zero-order valence-electron chi connectivity index (χ0n) is 43.7. The van der Waals surface area contributed by atoms with E-state index in [2.05, 4.69) is 24.3 Å². The lowest BCUT2D eigenvalue weighted by molar-refractivity contribution is -0.137. The molecule has 0 radical (unpaired) electrons. The molecular formula is C67H44AlCl7O8. The van der Waals surface area contributed by atoms with E-state index in [0.717, 1.165) is 141 Å². The summed E-state index contributed by atoms with van der Waals surface area (Å²) in [5.74, 6) is -1.33. The number of carbonyl (C=O) groups is 6. The van der Waals surface area contributed by atoms with Crippen LogP contribution in [-0.2, 0) is 57.7 Å². The second kappa shape index (κ2) is 25.6. The molecule has 2 aliphatic carbocycles. The summed E-state index contributed by atoms with van der Waals surface area (Å²) in [6.07, 6.45) is 1.20. The Labute approximate surface area is 511 Å². The molecule has 0 saturated heterocycles. The number of alkyl halides is 2. The maximum absolute atomic E-state index is 12.3. The Hall–Kier alpha value is -6.84. The van der Waals surface area contributed by atoms with Crippen LogP contribution in [0.5, 0.6) is 0 Å². The average molecular weight is 1250 g/mol. The van der Waals surface area contributed by atoms with Crippen LogP contribution < -0.4 is 0 Å². The lowest BCUT2D eigenvalue weighted by Crippen LogP contribution is -2.03. The number of rotatable bonds is 8. The van der Waals surface area contributed by atoms with E-state index in [4.69, 9.17) is 76.6 Å². The van der Waals surface area contributed by atoms with Crippen molar-refractivity contribution in [3.63, 3.8) is 0 Å². The standard InChI is InChI=1S/C22H14Cl2O2.C22H16O4.C22H12O2.CH2Cl2.Al.3ClH/c23-21(25)11-13-9-20-18-8-4-2-6-16(18)14(12-22(24)26)10-19(20)17-7-3-1-5-15(13)17;23-21(24)11-13-9-20-18-8-4-2-6-16(18)14(12-22(25)26)10-19(20)17-7-3-1-5-15(13)17;23-19-9-11-8-18-14-4-2-6-16-20(24)10-12(22(14)16)7-17(18)13-3-1-5-15(19)21(11)13;2-1-3;;;;/h1-10H,11-12H2;1-10H,11-12H2,(H,23,24)(H,25,26);1-8H,9-10H2;1H2;;3*1H/q;;;;+3;;;/p-3. The molecule has 0 amide bonds. The molecule has 2 aliphatic rings. The van der Waals surface area contributed by atoms with Gasteiger partial charge in [-0.1, -0.05) is 133 Å². The van der Waals surface area contributed by atoms with Gasteiger partial charge >= 0.3 is 23.3 Å². The number of hydrogen-bond acceptors (Lipinski definition) is 6. The van der Waals surface area contributed by atoms with Crippen molar-refractivity contribution < 1.29 is 39.0 Å².